The largest absolute Gasteiger partial charge is 0.381 e. The smallest absolute Gasteiger partial charge is 0.246 e. The Kier molecular flexibility index (Phi) is 5.00. The standard InChI is InChI=1S/C12H23N5O3S/c1-6-17-7-9(10(13)15-17)21(19,20)16-8(2)11(18)14-12(3,4)5/h7-8,16H,6H2,1-5H3,(H2,13,15)(H,14,18). The van der Waals surface area contributed by atoms with Crippen LogP contribution in [-0.2, 0) is 21.4 Å². The first-order chi connectivity index (χ1) is 9.46. The fraction of sp³-hybridized carbons (Fsp3) is 0.667. The van der Waals surface area contributed by atoms with Crippen molar-refractivity contribution < 1.29 is 13.2 Å². The molecule has 1 aromatic rings. The molecule has 21 heavy (non-hydrogen) atoms. The van der Waals surface area contributed by atoms with Crippen LogP contribution in [0.4, 0.5) is 5.82 Å². The number of hydrogen-bond acceptors (Lipinski definition) is 5. The molecule has 0 radical (unpaired) electrons. The summed E-state index contributed by atoms with van der Waals surface area (Å²) in [7, 11) is -3.90. The molecule has 0 saturated heterocycles. The molecular weight excluding hydrogens is 294 g/mol. The first-order valence-corrected chi connectivity index (χ1v) is 8.12. The molecule has 9 heteroatoms. The van der Waals surface area contributed by atoms with Gasteiger partial charge in [-0.25, -0.2) is 8.42 Å². The zero-order valence-corrected chi connectivity index (χ0v) is 13.8. The van der Waals surface area contributed by atoms with Crippen LogP contribution >= 0.6 is 0 Å². The van der Waals surface area contributed by atoms with E-state index in [2.05, 4.69) is 15.1 Å². The van der Waals surface area contributed by atoms with Crippen LogP contribution in [0.2, 0.25) is 0 Å². The van der Waals surface area contributed by atoms with E-state index in [1.165, 1.54) is 17.8 Å². The lowest BCUT2D eigenvalue weighted by Crippen LogP contribution is -2.50. The predicted molar refractivity (Wildman–Crippen MR) is 80.0 cm³/mol. The number of anilines is 1. The minimum absolute atomic E-state index is 0.0900. The summed E-state index contributed by atoms with van der Waals surface area (Å²) in [6, 6.07) is -0.918. The Balaban J connectivity index is 2.89. The zero-order valence-electron chi connectivity index (χ0n) is 13.0. The Morgan fingerprint density at radius 1 is 1.48 bits per heavy atom. The van der Waals surface area contributed by atoms with E-state index < -0.39 is 27.5 Å². The second-order valence-corrected chi connectivity index (χ2v) is 7.50. The maximum Gasteiger partial charge on any atom is 0.246 e. The number of nitrogens with one attached hydrogen (secondary N) is 2. The van der Waals surface area contributed by atoms with Crippen LogP contribution in [0.25, 0.3) is 0 Å². The van der Waals surface area contributed by atoms with Crippen LogP contribution in [-0.4, -0.2) is 35.7 Å². The molecule has 1 rings (SSSR count). The van der Waals surface area contributed by atoms with Gasteiger partial charge in [-0.1, -0.05) is 0 Å². The molecule has 0 saturated carbocycles. The number of nitrogens with zero attached hydrogens (tertiary/aromatic N) is 2. The fourth-order valence-electron chi connectivity index (χ4n) is 1.61. The third-order valence-corrected chi connectivity index (χ3v) is 4.15. The fourth-order valence-corrected chi connectivity index (χ4v) is 2.89. The maximum absolute atomic E-state index is 12.2. The Morgan fingerprint density at radius 3 is 2.48 bits per heavy atom. The van der Waals surface area contributed by atoms with Gasteiger partial charge in [-0.3, -0.25) is 9.48 Å². The summed E-state index contributed by atoms with van der Waals surface area (Å²) in [4.78, 5) is 11.8. The number of carbonyl (C=O) groups is 1. The SMILES string of the molecule is CCn1cc(S(=O)(=O)NC(C)C(=O)NC(C)(C)C)c(N)n1. The molecule has 8 nitrogen and oxygen atoms in total. The third kappa shape index (κ3) is 4.71. The Bertz CT molecular complexity index is 615. The predicted octanol–water partition coefficient (Wildman–Crippen LogP) is 0.0667. The van der Waals surface area contributed by atoms with Crippen LogP contribution in [0.5, 0.6) is 0 Å². The summed E-state index contributed by atoms with van der Waals surface area (Å²) in [6.07, 6.45) is 1.34. The van der Waals surface area contributed by atoms with Gasteiger partial charge in [0.2, 0.25) is 15.9 Å². The quantitative estimate of drug-likeness (QED) is 0.710. The third-order valence-electron chi connectivity index (χ3n) is 2.59. The van der Waals surface area contributed by atoms with E-state index in [9.17, 15) is 13.2 Å². The molecular formula is C12H23N5O3S. The van der Waals surface area contributed by atoms with Gasteiger partial charge in [0.1, 0.15) is 4.90 Å². The van der Waals surface area contributed by atoms with E-state index in [1.807, 2.05) is 27.7 Å². The average molecular weight is 317 g/mol. The maximum atomic E-state index is 12.2. The van der Waals surface area contributed by atoms with Gasteiger partial charge in [0, 0.05) is 18.3 Å². The number of rotatable bonds is 5. The van der Waals surface area contributed by atoms with Crippen molar-refractivity contribution in [3.05, 3.63) is 6.20 Å². The lowest BCUT2D eigenvalue weighted by atomic mass is 10.1. The Hall–Kier alpha value is -1.61. The monoisotopic (exact) mass is 317 g/mol. The molecule has 0 aromatic carbocycles. The van der Waals surface area contributed by atoms with Crippen LogP contribution in [0, 0.1) is 0 Å². The van der Waals surface area contributed by atoms with Crippen molar-refractivity contribution in [2.45, 2.75) is 57.6 Å². The number of carbonyl (C=O) groups excluding carboxylic acids is 1. The van der Waals surface area contributed by atoms with Crippen molar-refractivity contribution in [2.24, 2.45) is 0 Å². The van der Waals surface area contributed by atoms with Crippen molar-refractivity contribution >= 4 is 21.7 Å². The summed E-state index contributed by atoms with van der Waals surface area (Å²) in [6.45, 7) is 9.23. The summed E-state index contributed by atoms with van der Waals surface area (Å²) in [5.41, 5.74) is 5.16. The molecule has 1 atom stereocenters. The summed E-state index contributed by atoms with van der Waals surface area (Å²) in [5.74, 6) is -0.500. The lowest BCUT2D eigenvalue weighted by Gasteiger charge is -2.23. The van der Waals surface area contributed by atoms with E-state index in [-0.39, 0.29) is 10.7 Å². The van der Waals surface area contributed by atoms with Crippen LogP contribution in [0.3, 0.4) is 0 Å². The molecule has 0 spiro atoms. The van der Waals surface area contributed by atoms with Gasteiger partial charge < -0.3 is 11.1 Å². The molecule has 0 aliphatic heterocycles. The van der Waals surface area contributed by atoms with Crippen molar-refractivity contribution in [3.63, 3.8) is 0 Å². The van der Waals surface area contributed by atoms with E-state index in [4.69, 9.17) is 5.73 Å². The van der Waals surface area contributed by atoms with Crippen molar-refractivity contribution in [3.8, 4) is 0 Å². The number of aromatic nitrogens is 2. The number of hydrogen-bond donors (Lipinski definition) is 3. The normalized spacial score (nSPS) is 14.0. The van der Waals surface area contributed by atoms with Gasteiger partial charge in [0.15, 0.2) is 5.82 Å². The summed E-state index contributed by atoms with van der Waals surface area (Å²) in [5, 5.41) is 6.59. The number of sulfonamides is 1. The molecule has 4 N–H and O–H groups in total. The van der Waals surface area contributed by atoms with Crippen molar-refractivity contribution in [1.82, 2.24) is 19.8 Å². The topological polar surface area (TPSA) is 119 Å². The van der Waals surface area contributed by atoms with Crippen LogP contribution < -0.4 is 15.8 Å². The van der Waals surface area contributed by atoms with E-state index in [0.717, 1.165) is 0 Å². The highest BCUT2D eigenvalue weighted by atomic mass is 32.2. The van der Waals surface area contributed by atoms with Gasteiger partial charge >= 0.3 is 0 Å². The molecule has 1 heterocycles. The number of amides is 1. The summed E-state index contributed by atoms with van der Waals surface area (Å²) < 4.78 is 28.2. The zero-order chi connectivity index (χ0) is 16.4. The molecule has 0 aliphatic carbocycles. The van der Waals surface area contributed by atoms with Crippen molar-refractivity contribution in [2.75, 3.05) is 5.73 Å². The van der Waals surface area contributed by atoms with Crippen LogP contribution in [0.1, 0.15) is 34.6 Å². The van der Waals surface area contributed by atoms with Gasteiger partial charge in [0.05, 0.1) is 6.04 Å². The van der Waals surface area contributed by atoms with Crippen LogP contribution in [0.15, 0.2) is 11.1 Å². The van der Waals surface area contributed by atoms with E-state index in [1.54, 1.807) is 0 Å². The minimum atomic E-state index is -3.90. The second kappa shape index (κ2) is 6.02. The molecule has 0 aliphatic rings. The number of nitrogen functional groups attached to an aromatic ring is 1. The van der Waals surface area contributed by atoms with E-state index >= 15 is 0 Å². The number of nitrogens with two attached hydrogens (primary N) is 1. The highest BCUT2D eigenvalue weighted by molar-refractivity contribution is 7.89. The average Bonchev–Trinajstić information content (AvgIpc) is 2.68. The second-order valence-electron chi connectivity index (χ2n) is 5.82. The van der Waals surface area contributed by atoms with Gasteiger partial charge in [-0.15, -0.1) is 0 Å². The van der Waals surface area contributed by atoms with Gasteiger partial charge in [-0.2, -0.15) is 9.82 Å². The molecule has 0 fully saturated rings. The minimum Gasteiger partial charge on any atom is -0.381 e. The summed E-state index contributed by atoms with van der Waals surface area (Å²) >= 11 is 0. The molecule has 1 aromatic heterocycles. The highest BCUT2D eigenvalue weighted by Gasteiger charge is 2.27. The molecule has 1 amide bonds. The molecule has 1 unspecified atom stereocenters. The first-order valence-electron chi connectivity index (χ1n) is 6.63. The molecule has 0 bridgehead atoms. The highest BCUT2D eigenvalue weighted by Crippen LogP contribution is 2.16. The first kappa shape index (κ1) is 17.4. The molecule has 120 valence electrons. The van der Waals surface area contributed by atoms with Crippen molar-refractivity contribution in [1.29, 1.82) is 0 Å². The van der Waals surface area contributed by atoms with E-state index in [0.29, 0.717) is 6.54 Å². The van der Waals surface area contributed by atoms with Gasteiger partial charge in [0.25, 0.3) is 0 Å². The lowest BCUT2D eigenvalue weighted by molar-refractivity contribution is -0.123. The Labute approximate surface area is 125 Å². The van der Waals surface area contributed by atoms with Gasteiger partial charge in [-0.05, 0) is 34.6 Å². The Morgan fingerprint density at radius 2 is 2.05 bits per heavy atom. The number of aryl methyl sites for hydroxylation is 1.